The number of rotatable bonds is 2. The van der Waals surface area contributed by atoms with Gasteiger partial charge in [0, 0.05) is 0 Å². The molecule has 86 valence electrons. The molecule has 0 bridgehead atoms. The zero-order valence-electron chi connectivity index (χ0n) is 9.84. The molecule has 3 heteroatoms. The van der Waals surface area contributed by atoms with E-state index in [1.807, 2.05) is 31.2 Å². The number of ether oxygens (including phenoxy) is 1. The van der Waals surface area contributed by atoms with E-state index in [0.717, 1.165) is 11.3 Å². The van der Waals surface area contributed by atoms with Gasteiger partial charge in [0.25, 0.3) is 0 Å². The fourth-order valence-corrected chi connectivity index (χ4v) is 1.57. The second kappa shape index (κ2) is 5.03. The van der Waals surface area contributed by atoms with Crippen molar-refractivity contribution in [3.05, 3.63) is 70.9 Å². The summed E-state index contributed by atoms with van der Waals surface area (Å²) in [6.07, 6.45) is 0. The van der Waals surface area contributed by atoms with E-state index in [0.29, 0.717) is 17.1 Å². The summed E-state index contributed by atoms with van der Waals surface area (Å²) in [6, 6.07) is 12.6. The standard InChI is InChI=1S/C15H10N2O/c1-11-5-4-6-12(9-11)18-13-7-8-14(16-2)15(10-13)17-3/h4-10H,1H3. The molecule has 18 heavy (non-hydrogen) atoms. The molecule has 0 aliphatic carbocycles. The van der Waals surface area contributed by atoms with Crippen LogP contribution in [0.5, 0.6) is 11.5 Å². The SMILES string of the molecule is [C-]#[N+]c1ccc(Oc2cccc(C)c2)cc1[N+]#[C-]. The van der Waals surface area contributed by atoms with E-state index in [4.69, 9.17) is 17.9 Å². The highest BCUT2D eigenvalue weighted by atomic mass is 16.5. The Kier molecular flexibility index (Phi) is 3.27. The van der Waals surface area contributed by atoms with Gasteiger partial charge in [-0.05, 0) is 36.8 Å². The van der Waals surface area contributed by atoms with Crippen molar-refractivity contribution in [1.29, 1.82) is 0 Å². The lowest BCUT2D eigenvalue weighted by atomic mass is 10.2. The molecule has 0 radical (unpaired) electrons. The van der Waals surface area contributed by atoms with Crippen LogP contribution in [0, 0.1) is 20.1 Å². The number of hydrogen-bond donors (Lipinski definition) is 0. The minimum absolute atomic E-state index is 0.315. The van der Waals surface area contributed by atoms with Crippen molar-refractivity contribution in [2.24, 2.45) is 0 Å². The fraction of sp³-hybridized carbons (Fsp3) is 0.0667. The lowest BCUT2D eigenvalue weighted by molar-refractivity contribution is 0.483. The van der Waals surface area contributed by atoms with Gasteiger partial charge in [-0.15, -0.1) is 0 Å². The first kappa shape index (κ1) is 11.7. The molecule has 2 aromatic carbocycles. The third kappa shape index (κ3) is 2.48. The van der Waals surface area contributed by atoms with Crippen LogP contribution in [0.2, 0.25) is 0 Å². The third-order valence-electron chi connectivity index (χ3n) is 2.41. The highest BCUT2D eigenvalue weighted by molar-refractivity contribution is 5.72. The Morgan fingerprint density at radius 3 is 2.28 bits per heavy atom. The largest absolute Gasteiger partial charge is 0.459 e. The van der Waals surface area contributed by atoms with Gasteiger partial charge in [0.1, 0.15) is 11.5 Å². The van der Waals surface area contributed by atoms with Crippen molar-refractivity contribution in [2.75, 3.05) is 0 Å². The smallest absolute Gasteiger partial charge is 0.198 e. The summed E-state index contributed by atoms with van der Waals surface area (Å²) >= 11 is 0. The maximum atomic E-state index is 7.02. The molecule has 0 aromatic heterocycles. The van der Waals surface area contributed by atoms with Crippen molar-refractivity contribution < 1.29 is 4.74 Å². The molecule has 0 N–H and O–H groups in total. The molecular weight excluding hydrogens is 224 g/mol. The van der Waals surface area contributed by atoms with Crippen molar-refractivity contribution in [3.63, 3.8) is 0 Å². The highest BCUT2D eigenvalue weighted by Crippen LogP contribution is 2.33. The molecule has 0 aliphatic heterocycles. The predicted octanol–water partition coefficient (Wildman–Crippen LogP) is 4.89. The molecule has 2 rings (SSSR count). The van der Waals surface area contributed by atoms with Crippen molar-refractivity contribution in [1.82, 2.24) is 0 Å². The van der Waals surface area contributed by atoms with Gasteiger partial charge in [0.2, 0.25) is 0 Å². The first-order valence-corrected chi connectivity index (χ1v) is 5.36. The van der Waals surface area contributed by atoms with Crippen LogP contribution in [0.3, 0.4) is 0 Å². The van der Waals surface area contributed by atoms with Crippen LogP contribution in [0.4, 0.5) is 11.4 Å². The van der Waals surface area contributed by atoms with Crippen molar-refractivity contribution in [3.8, 4) is 11.5 Å². The molecule has 0 aliphatic rings. The summed E-state index contributed by atoms with van der Waals surface area (Å²) in [5, 5.41) is 0. The first-order valence-electron chi connectivity index (χ1n) is 5.36. The Morgan fingerprint density at radius 1 is 0.889 bits per heavy atom. The lowest BCUT2D eigenvalue weighted by Crippen LogP contribution is -1.84. The molecule has 0 saturated heterocycles. The second-order valence-electron chi connectivity index (χ2n) is 3.79. The Balaban J connectivity index is 2.31. The summed E-state index contributed by atoms with van der Waals surface area (Å²) in [5.74, 6) is 1.29. The van der Waals surface area contributed by atoms with E-state index in [2.05, 4.69) is 9.69 Å². The van der Waals surface area contributed by atoms with E-state index < -0.39 is 0 Å². The van der Waals surface area contributed by atoms with Gasteiger partial charge < -0.3 is 4.74 Å². The Labute approximate surface area is 106 Å². The molecule has 0 spiro atoms. The fourth-order valence-electron chi connectivity index (χ4n) is 1.57. The molecule has 0 atom stereocenters. The third-order valence-corrected chi connectivity index (χ3v) is 2.41. The maximum absolute atomic E-state index is 7.02. The number of hydrogen-bond acceptors (Lipinski definition) is 1. The van der Waals surface area contributed by atoms with Crippen LogP contribution in [0.25, 0.3) is 9.69 Å². The monoisotopic (exact) mass is 234 g/mol. The summed E-state index contributed by atoms with van der Waals surface area (Å²) in [6.45, 7) is 16.0. The van der Waals surface area contributed by atoms with E-state index in [1.165, 1.54) is 0 Å². The van der Waals surface area contributed by atoms with Gasteiger partial charge in [0.15, 0.2) is 11.4 Å². The summed E-state index contributed by atoms with van der Waals surface area (Å²) in [4.78, 5) is 6.60. The zero-order valence-corrected chi connectivity index (χ0v) is 9.84. The van der Waals surface area contributed by atoms with Crippen LogP contribution >= 0.6 is 0 Å². The van der Waals surface area contributed by atoms with Crippen LogP contribution in [-0.2, 0) is 0 Å². The number of benzene rings is 2. The van der Waals surface area contributed by atoms with Crippen LogP contribution in [0.1, 0.15) is 5.56 Å². The van der Waals surface area contributed by atoms with Gasteiger partial charge in [-0.3, -0.25) is 4.85 Å². The van der Waals surface area contributed by atoms with E-state index in [-0.39, 0.29) is 0 Å². The van der Waals surface area contributed by atoms with Crippen molar-refractivity contribution >= 4 is 11.4 Å². The highest BCUT2D eigenvalue weighted by Gasteiger charge is 2.05. The minimum atomic E-state index is 0.315. The molecule has 2 aromatic rings. The molecule has 0 saturated carbocycles. The van der Waals surface area contributed by atoms with E-state index in [1.54, 1.807) is 18.2 Å². The zero-order chi connectivity index (χ0) is 13.0. The average molecular weight is 234 g/mol. The van der Waals surface area contributed by atoms with E-state index in [9.17, 15) is 0 Å². The normalized spacial score (nSPS) is 9.28. The first-order chi connectivity index (χ1) is 8.72. The van der Waals surface area contributed by atoms with Gasteiger partial charge in [-0.2, -0.15) is 0 Å². The summed E-state index contributed by atoms with van der Waals surface area (Å²) in [7, 11) is 0. The molecule has 0 amide bonds. The Morgan fingerprint density at radius 2 is 1.61 bits per heavy atom. The molecule has 0 fully saturated rings. The maximum Gasteiger partial charge on any atom is 0.198 e. The Hall–Kier alpha value is -2.78. The number of aryl methyl sites for hydroxylation is 1. The molecule has 3 nitrogen and oxygen atoms in total. The van der Waals surface area contributed by atoms with E-state index >= 15 is 0 Å². The summed E-state index contributed by atoms with van der Waals surface area (Å²) < 4.78 is 5.65. The molecule has 0 heterocycles. The van der Waals surface area contributed by atoms with Crippen molar-refractivity contribution in [2.45, 2.75) is 6.92 Å². The minimum Gasteiger partial charge on any atom is -0.459 e. The Bertz CT molecular complexity index is 663. The summed E-state index contributed by atoms with van der Waals surface area (Å²) in [5.41, 5.74) is 1.77. The quantitative estimate of drug-likeness (QED) is 0.676. The molecular formula is C15H10N2O. The van der Waals surface area contributed by atoms with Gasteiger partial charge in [-0.1, -0.05) is 18.2 Å². The number of nitrogens with zero attached hydrogens (tertiary/aromatic N) is 2. The predicted molar refractivity (Wildman–Crippen MR) is 70.2 cm³/mol. The topological polar surface area (TPSA) is 17.9 Å². The average Bonchev–Trinajstić information content (AvgIpc) is 2.38. The van der Waals surface area contributed by atoms with Crippen LogP contribution in [0.15, 0.2) is 42.5 Å². The van der Waals surface area contributed by atoms with Gasteiger partial charge >= 0.3 is 0 Å². The van der Waals surface area contributed by atoms with Gasteiger partial charge in [0.05, 0.1) is 13.1 Å². The second-order valence-corrected chi connectivity index (χ2v) is 3.79. The van der Waals surface area contributed by atoms with Crippen LogP contribution < -0.4 is 4.74 Å². The van der Waals surface area contributed by atoms with Crippen LogP contribution in [-0.4, -0.2) is 0 Å². The lowest BCUT2D eigenvalue weighted by Gasteiger charge is -2.07. The molecule has 0 unspecified atom stereocenters. The van der Waals surface area contributed by atoms with Gasteiger partial charge in [-0.25, -0.2) is 4.85 Å².